The molecule has 5 nitrogen and oxygen atoms in total. The van der Waals surface area contributed by atoms with Crippen LogP contribution in [0, 0.1) is 5.92 Å². The lowest BCUT2D eigenvalue weighted by Gasteiger charge is -2.09. The Hall–Kier alpha value is -1.75. The largest absolute Gasteiger partial charge is 0.339 e. The molecule has 0 aliphatic carbocycles. The molecule has 1 fully saturated rings. The quantitative estimate of drug-likeness (QED) is 0.913. The molecule has 0 saturated carbocycles. The Balaban J connectivity index is 1.68. The zero-order valence-electron chi connectivity index (χ0n) is 10.9. The third-order valence-corrected chi connectivity index (χ3v) is 3.55. The first-order valence-electron chi connectivity index (χ1n) is 6.85. The summed E-state index contributed by atoms with van der Waals surface area (Å²) in [6.45, 7) is 2.22. The van der Waals surface area contributed by atoms with Crippen LogP contribution in [0.4, 0.5) is 0 Å². The van der Waals surface area contributed by atoms with Crippen LogP contribution in [-0.4, -0.2) is 28.2 Å². The van der Waals surface area contributed by atoms with E-state index < -0.39 is 0 Å². The van der Waals surface area contributed by atoms with Gasteiger partial charge in [0.05, 0.1) is 0 Å². The smallest absolute Gasteiger partial charge is 0.227 e. The molecule has 1 N–H and O–H groups in total. The molecule has 5 heteroatoms. The van der Waals surface area contributed by atoms with E-state index in [2.05, 4.69) is 20.4 Å². The predicted octanol–water partition coefficient (Wildman–Crippen LogP) is 2.06. The van der Waals surface area contributed by atoms with Crippen LogP contribution in [0.3, 0.4) is 0 Å². The van der Waals surface area contributed by atoms with E-state index >= 15 is 0 Å². The minimum atomic E-state index is 0.634. The number of hydrogen-bond acceptors (Lipinski definition) is 5. The molecule has 1 atom stereocenters. The second-order valence-electron chi connectivity index (χ2n) is 5.00. The monoisotopic (exact) mass is 258 g/mol. The van der Waals surface area contributed by atoms with Gasteiger partial charge in [-0.25, -0.2) is 0 Å². The molecule has 1 aliphatic rings. The molecule has 0 radical (unpaired) electrons. The number of hydrogen-bond donors (Lipinski definition) is 1. The van der Waals surface area contributed by atoms with E-state index in [-0.39, 0.29) is 0 Å². The first-order valence-corrected chi connectivity index (χ1v) is 6.85. The molecule has 1 saturated heterocycles. The molecule has 0 amide bonds. The predicted molar refractivity (Wildman–Crippen MR) is 71.4 cm³/mol. The maximum absolute atomic E-state index is 5.35. The van der Waals surface area contributed by atoms with Crippen molar-refractivity contribution in [2.75, 3.05) is 13.1 Å². The maximum Gasteiger partial charge on any atom is 0.227 e. The van der Waals surface area contributed by atoms with E-state index in [1.807, 2.05) is 12.1 Å². The topological polar surface area (TPSA) is 63.8 Å². The van der Waals surface area contributed by atoms with Crippen molar-refractivity contribution in [2.24, 2.45) is 5.92 Å². The lowest BCUT2D eigenvalue weighted by Crippen LogP contribution is -2.14. The summed E-state index contributed by atoms with van der Waals surface area (Å²) in [5, 5.41) is 7.45. The zero-order chi connectivity index (χ0) is 12.9. The standard InChI is InChI=1S/C14H18N4O/c1-3-11(5-8-15-6-1)9-13-17-14(18-19-13)12-4-2-7-16-10-12/h2,4,7,10-11,15H,1,3,5-6,8-9H2. The van der Waals surface area contributed by atoms with Crippen molar-refractivity contribution in [3.63, 3.8) is 0 Å². The summed E-state index contributed by atoms with van der Waals surface area (Å²) in [6.07, 6.45) is 8.03. The molecular formula is C14H18N4O. The number of rotatable bonds is 3. The van der Waals surface area contributed by atoms with Crippen LogP contribution < -0.4 is 5.32 Å². The molecule has 3 rings (SSSR count). The molecule has 3 heterocycles. The number of aromatic nitrogens is 3. The van der Waals surface area contributed by atoms with Gasteiger partial charge in [-0.15, -0.1) is 0 Å². The van der Waals surface area contributed by atoms with E-state index in [0.717, 1.165) is 31.0 Å². The van der Waals surface area contributed by atoms with Gasteiger partial charge in [-0.1, -0.05) is 5.16 Å². The highest BCUT2D eigenvalue weighted by atomic mass is 16.5. The summed E-state index contributed by atoms with van der Waals surface area (Å²) < 4.78 is 5.35. The lowest BCUT2D eigenvalue weighted by atomic mass is 9.97. The molecule has 0 bridgehead atoms. The van der Waals surface area contributed by atoms with Crippen LogP contribution in [0.5, 0.6) is 0 Å². The Bertz CT molecular complexity index is 503. The molecule has 19 heavy (non-hydrogen) atoms. The van der Waals surface area contributed by atoms with Gasteiger partial charge in [0.2, 0.25) is 11.7 Å². The van der Waals surface area contributed by atoms with Crippen LogP contribution in [0.15, 0.2) is 29.0 Å². The average molecular weight is 258 g/mol. The highest BCUT2D eigenvalue weighted by molar-refractivity contribution is 5.51. The second-order valence-corrected chi connectivity index (χ2v) is 5.00. The summed E-state index contributed by atoms with van der Waals surface area (Å²) in [5.74, 6) is 2.03. The van der Waals surface area contributed by atoms with Gasteiger partial charge in [0, 0.05) is 24.4 Å². The van der Waals surface area contributed by atoms with Gasteiger partial charge in [0.25, 0.3) is 0 Å². The fourth-order valence-corrected chi connectivity index (χ4v) is 2.49. The third-order valence-electron chi connectivity index (χ3n) is 3.55. The fraction of sp³-hybridized carbons (Fsp3) is 0.500. The Morgan fingerprint density at radius 1 is 1.32 bits per heavy atom. The van der Waals surface area contributed by atoms with Crippen molar-refractivity contribution in [3.8, 4) is 11.4 Å². The Morgan fingerprint density at radius 2 is 2.32 bits per heavy atom. The van der Waals surface area contributed by atoms with E-state index in [9.17, 15) is 0 Å². The minimum Gasteiger partial charge on any atom is -0.339 e. The van der Waals surface area contributed by atoms with Gasteiger partial charge in [-0.05, 0) is 50.4 Å². The normalized spacial score (nSPS) is 20.1. The van der Waals surface area contributed by atoms with E-state index in [1.54, 1.807) is 12.4 Å². The Morgan fingerprint density at radius 3 is 3.21 bits per heavy atom. The lowest BCUT2D eigenvalue weighted by molar-refractivity contribution is 0.341. The maximum atomic E-state index is 5.35. The first kappa shape index (κ1) is 12.3. The molecule has 2 aromatic heterocycles. The number of nitrogens with one attached hydrogen (secondary N) is 1. The van der Waals surface area contributed by atoms with Crippen molar-refractivity contribution < 1.29 is 4.52 Å². The minimum absolute atomic E-state index is 0.634. The summed E-state index contributed by atoms with van der Waals surface area (Å²) >= 11 is 0. The molecule has 1 aliphatic heterocycles. The molecule has 100 valence electrons. The second kappa shape index (κ2) is 5.93. The van der Waals surface area contributed by atoms with Crippen LogP contribution in [-0.2, 0) is 6.42 Å². The van der Waals surface area contributed by atoms with Gasteiger partial charge in [-0.2, -0.15) is 4.98 Å². The Labute approximate surface area is 112 Å². The van der Waals surface area contributed by atoms with Crippen molar-refractivity contribution in [3.05, 3.63) is 30.4 Å². The highest BCUT2D eigenvalue weighted by Gasteiger charge is 2.16. The van der Waals surface area contributed by atoms with Crippen LogP contribution in [0.25, 0.3) is 11.4 Å². The van der Waals surface area contributed by atoms with Gasteiger partial charge >= 0.3 is 0 Å². The molecular weight excluding hydrogens is 240 g/mol. The molecule has 0 spiro atoms. The van der Waals surface area contributed by atoms with Gasteiger partial charge < -0.3 is 9.84 Å². The SMILES string of the molecule is c1cncc(-c2noc(CC3CCCNCC3)n2)c1. The summed E-state index contributed by atoms with van der Waals surface area (Å²) in [5.41, 5.74) is 0.903. The van der Waals surface area contributed by atoms with E-state index in [4.69, 9.17) is 4.52 Å². The average Bonchev–Trinajstić information content (AvgIpc) is 2.76. The summed E-state index contributed by atoms with van der Waals surface area (Å²) in [7, 11) is 0. The van der Waals surface area contributed by atoms with Crippen LogP contribution in [0.1, 0.15) is 25.2 Å². The fourth-order valence-electron chi connectivity index (χ4n) is 2.49. The van der Waals surface area contributed by atoms with Crippen LogP contribution >= 0.6 is 0 Å². The molecule has 0 aromatic carbocycles. The summed E-state index contributed by atoms with van der Waals surface area (Å²) in [4.78, 5) is 8.54. The first-order chi connectivity index (χ1) is 9.42. The van der Waals surface area contributed by atoms with Crippen LogP contribution in [0.2, 0.25) is 0 Å². The van der Waals surface area contributed by atoms with E-state index in [1.165, 1.54) is 19.3 Å². The number of nitrogens with zero attached hydrogens (tertiary/aromatic N) is 3. The van der Waals surface area contributed by atoms with E-state index in [0.29, 0.717) is 11.7 Å². The van der Waals surface area contributed by atoms with Gasteiger partial charge in [0.1, 0.15) is 0 Å². The van der Waals surface area contributed by atoms with Crippen molar-refractivity contribution in [1.29, 1.82) is 0 Å². The molecule has 1 unspecified atom stereocenters. The van der Waals surface area contributed by atoms with Gasteiger partial charge in [0.15, 0.2) is 0 Å². The van der Waals surface area contributed by atoms with Crippen molar-refractivity contribution in [1.82, 2.24) is 20.4 Å². The zero-order valence-corrected chi connectivity index (χ0v) is 10.9. The van der Waals surface area contributed by atoms with Crippen molar-refractivity contribution in [2.45, 2.75) is 25.7 Å². The third kappa shape index (κ3) is 3.17. The van der Waals surface area contributed by atoms with Gasteiger partial charge in [-0.3, -0.25) is 4.98 Å². The number of pyridine rings is 1. The molecule has 2 aromatic rings. The highest BCUT2D eigenvalue weighted by Crippen LogP contribution is 2.20. The Kier molecular flexibility index (Phi) is 3.83. The van der Waals surface area contributed by atoms with Crippen molar-refractivity contribution >= 4 is 0 Å². The summed E-state index contributed by atoms with van der Waals surface area (Å²) in [6, 6.07) is 3.82.